The number of ether oxygens (including phenoxy) is 1. The third-order valence-electron chi connectivity index (χ3n) is 4.19. The van der Waals surface area contributed by atoms with Gasteiger partial charge in [-0.15, -0.1) is 0 Å². The summed E-state index contributed by atoms with van der Waals surface area (Å²) in [7, 11) is -1.99. The van der Waals surface area contributed by atoms with E-state index < -0.39 is 10.0 Å². The predicted octanol–water partition coefficient (Wildman–Crippen LogP) is 1.85. The molecular weight excluding hydrogens is 302 g/mol. The predicted molar refractivity (Wildman–Crippen MR) is 84.5 cm³/mol. The SMILES string of the molecule is COc1ccc(S(=O)(=O)N2CCC(CO)C2)c2ccccc12. The quantitative estimate of drug-likeness (QED) is 0.933. The summed E-state index contributed by atoms with van der Waals surface area (Å²) in [6.07, 6.45) is 0.698. The number of sulfonamides is 1. The standard InChI is InChI=1S/C16H19NO4S/c1-21-15-6-7-16(14-5-3-2-4-13(14)15)22(19,20)17-9-8-12(10-17)11-18/h2-7,12,18H,8-11H2,1H3. The molecule has 118 valence electrons. The summed E-state index contributed by atoms with van der Waals surface area (Å²) in [6, 6.07) is 10.6. The topological polar surface area (TPSA) is 66.8 Å². The zero-order valence-corrected chi connectivity index (χ0v) is 13.2. The number of hydrogen-bond acceptors (Lipinski definition) is 4. The fraction of sp³-hybridized carbons (Fsp3) is 0.375. The molecule has 1 N–H and O–H groups in total. The average Bonchev–Trinajstić information content (AvgIpc) is 3.03. The van der Waals surface area contributed by atoms with Crippen LogP contribution in [0.4, 0.5) is 0 Å². The van der Waals surface area contributed by atoms with Gasteiger partial charge in [0.1, 0.15) is 5.75 Å². The molecule has 0 bridgehead atoms. The number of fused-ring (bicyclic) bond motifs is 1. The Morgan fingerprint density at radius 3 is 2.59 bits per heavy atom. The molecule has 2 aromatic carbocycles. The van der Waals surface area contributed by atoms with E-state index in [9.17, 15) is 13.5 Å². The van der Waals surface area contributed by atoms with Gasteiger partial charge in [-0.3, -0.25) is 0 Å². The lowest BCUT2D eigenvalue weighted by Crippen LogP contribution is -2.29. The van der Waals surface area contributed by atoms with E-state index in [1.807, 2.05) is 18.2 Å². The van der Waals surface area contributed by atoms with Gasteiger partial charge in [0.25, 0.3) is 0 Å². The van der Waals surface area contributed by atoms with Crippen LogP contribution in [0.15, 0.2) is 41.3 Å². The minimum atomic E-state index is -3.57. The maximum atomic E-state index is 12.9. The average molecular weight is 321 g/mol. The van der Waals surface area contributed by atoms with E-state index in [1.165, 1.54) is 4.31 Å². The van der Waals surface area contributed by atoms with Crippen LogP contribution >= 0.6 is 0 Å². The molecule has 1 aliphatic rings. The molecule has 0 spiro atoms. The van der Waals surface area contributed by atoms with Crippen LogP contribution < -0.4 is 4.74 Å². The number of aliphatic hydroxyl groups is 1. The van der Waals surface area contributed by atoms with Crippen LogP contribution in [0.3, 0.4) is 0 Å². The van der Waals surface area contributed by atoms with Gasteiger partial charge in [0.2, 0.25) is 10.0 Å². The van der Waals surface area contributed by atoms with E-state index in [0.717, 1.165) is 5.39 Å². The first-order valence-corrected chi connectivity index (χ1v) is 8.68. The molecule has 0 radical (unpaired) electrons. The summed E-state index contributed by atoms with van der Waals surface area (Å²) < 4.78 is 32.6. The minimum Gasteiger partial charge on any atom is -0.496 e. The van der Waals surface area contributed by atoms with Gasteiger partial charge < -0.3 is 9.84 Å². The molecule has 0 aliphatic carbocycles. The highest BCUT2D eigenvalue weighted by Crippen LogP contribution is 2.33. The van der Waals surface area contributed by atoms with Crippen molar-refractivity contribution in [2.24, 2.45) is 5.92 Å². The summed E-state index contributed by atoms with van der Waals surface area (Å²) in [4.78, 5) is 0.294. The zero-order chi connectivity index (χ0) is 15.7. The van der Waals surface area contributed by atoms with Crippen molar-refractivity contribution in [3.05, 3.63) is 36.4 Å². The summed E-state index contributed by atoms with van der Waals surface area (Å²) in [6.45, 7) is 0.850. The summed E-state index contributed by atoms with van der Waals surface area (Å²) in [5.41, 5.74) is 0. The largest absolute Gasteiger partial charge is 0.496 e. The van der Waals surface area contributed by atoms with Gasteiger partial charge >= 0.3 is 0 Å². The van der Waals surface area contributed by atoms with Crippen molar-refractivity contribution in [2.45, 2.75) is 11.3 Å². The highest BCUT2D eigenvalue weighted by Gasteiger charge is 2.33. The molecule has 5 nitrogen and oxygen atoms in total. The van der Waals surface area contributed by atoms with Gasteiger partial charge in [-0.05, 0) is 24.5 Å². The fourth-order valence-electron chi connectivity index (χ4n) is 2.95. The maximum Gasteiger partial charge on any atom is 0.243 e. The van der Waals surface area contributed by atoms with Crippen molar-refractivity contribution in [3.63, 3.8) is 0 Å². The molecule has 1 fully saturated rings. The summed E-state index contributed by atoms with van der Waals surface area (Å²) in [5, 5.41) is 10.7. The van der Waals surface area contributed by atoms with Gasteiger partial charge in [-0.2, -0.15) is 4.31 Å². The molecule has 1 saturated heterocycles. The molecule has 22 heavy (non-hydrogen) atoms. The molecule has 0 saturated carbocycles. The third kappa shape index (κ3) is 2.47. The number of hydrogen-bond donors (Lipinski definition) is 1. The molecule has 1 unspecified atom stereocenters. The lowest BCUT2D eigenvalue weighted by Gasteiger charge is -2.18. The van der Waals surface area contributed by atoms with Crippen molar-refractivity contribution < 1.29 is 18.3 Å². The van der Waals surface area contributed by atoms with Crippen LogP contribution in [0.25, 0.3) is 10.8 Å². The van der Waals surface area contributed by atoms with Crippen LogP contribution in [-0.4, -0.2) is 44.6 Å². The number of benzene rings is 2. The second-order valence-corrected chi connectivity index (χ2v) is 7.42. The zero-order valence-electron chi connectivity index (χ0n) is 12.4. The van der Waals surface area contributed by atoms with E-state index in [0.29, 0.717) is 35.5 Å². The van der Waals surface area contributed by atoms with E-state index in [4.69, 9.17) is 4.74 Å². The Morgan fingerprint density at radius 2 is 1.95 bits per heavy atom. The van der Waals surface area contributed by atoms with Gasteiger partial charge in [-0.25, -0.2) is 8.42 Å². The van der Waals surface area contributed by atoms with Gasteiger partial charge in [0.15, 0.2) is 0 Å². The van der Waals surface area contributed by atoms with Crippen molar-refractivity contribution in [3.8, 4) is 5.75 Å². The molecule has 1 aliphatic heterocycles. The first kappa shape index (κ1) is 15.3. The van der Waals surface area contributed by atoms with Crippen molar-refractivity contribution in [1.29, 1.82) is 0 Å². The normalized spacial score (nSPS) is 19.6. The van der Waals surface area contributed by atoms with Crippen LogP contribution in [0.1, 0.15) is 6.42 Å². The Hall–Kier alpha value is -1.63. The monoisotopic (exact) mass is 321 g/mol. The van der Waals surface area contributed by atoms with Crippen molar-refractivity contribution in [1.82, 2.24) is 4.31 Å². The highest BCUT2D eigenvalue weighted by atomic mass is 32.2. The smallest absolute Gasteiger partial charge is 0.243 e. The van der Waals surface area contributed by atoms with E-state index >= 15 is 0 Å². The van der Waals surface area contributed by atoms with Crippen molar-refractivity contribution >= 4 is 20.8 Å². The molecule has 1 atom stereocenters. The van der Waals surface area contributed by atoms with E-state index in [2.05, 4.69) is 0 Å². The Kier molecular flexibility index (Phi) is 4.08. The first-order valence-electron chi connectivity index (χ1n) is 7.24. The van der Waals surface area contributed by atoms with E-state index in [1.54, 1.807) is 25.3 Å². The second-order valence-electron chi connectivity index (χ2n) is 5.51. The summed E-state index contributed by atoms with van der Waals surface area (Å²) >= 11 is 0. The van der Waals surface area contributed by atoms with Gasteiger partial charge in [-0.1, -0.05) is 24.3 Å². The molecule has 1 heterocycles. The van der Waals surface area contributed by atoms with Gasteiger partial charge in [0, 0.05) is 30.5 Å². The fourth-order valence-corrected chi connectivity index (χ4v) is 4.68. The molecule has 0 amide bonds. The number of nitrogens with zero attached hydrogens (tertiary/aromatic N) is 1. The Morgan fingerprint density at radius 1 is 1.23 bits per heavy atom. The third-order valence-corrected chi connectivity index (χ3v) is 6.11. The maximum absolute atomic E-state index is 12.9. The number of methoxy groups -OCH3 is 1. The van der Waals surface area contributed by atoms with Crippen LogP contribution in [0, 0.1) is 5.92 Å². The minimum absolute atomic E-state index is 0.0232. The number of rotatable bonds is 4. The Bertz CT molecular complexity index is 788. The summed E-state index contributed by atoms with van der Waals surface area (Å²) in [5.74, 6) is 0.684. The first-order chi connectivity index (χ1) is 10.6. The molecule has 6 heteroatoms. The van der Waals surface area contributed by atoms with Crippen LogP contribution in [-0.2, 0) is 10.0 Å². The van der Waals surface area contributed by atoms with Gasteiger partial charge in [0.05, 0.1) is 12.0 Å². The molecule has 3 rings (SSSR count). The Balaban J connectivity index is 2.10. The van der Waals surface area contributed by atoms with Crippen molar-refractivity contribution in [2.75, 3.05) is 26.8 Å². The van der Waals surface area contributed by atoms with E-state index in [-0.39, 0.29) is 12.5 Å². The van der Waals surface area contributed by atoms with Crippen LogP contribution in [0.5, 0.6) is 5.75 Å². The Labute approximate surface area is 130 Å². The highest BCUT2D eigenvalue weighted by molar-refractivity contribution is 7.89. The molecule has 0 aromatic heterocycles. The number of aliphatic hydroxyl groups excluding tert-OH is 1. The molecular formula is C16H19NO4S. The van der Waals surface area contributed by atoms with Crippen LogP contribution in [0.2, 0.25) is 0 Å². The molecule has 2 aromatic rings. The lowest BCUT2D eigenvalue weighted by atomic mass is 10.1. The second kappa shape index (κ2) is 5.87. The lowest BCUT2D eigenvalue weighted by molar-refractivity contribution is 0.233.